The molecule has 2 aromatic rings. The second kappa shape index (κ2) is 7.17. The minimum absolute atomic E-state index is 0.134. The first-order chi connectivity index (χ1) is 11.9. The summed E-state index contributed by atoms with van der Waals surface area (Å²) in [6.45, 7) is 6.13. The van der Waals surface area contributed by atoms with Gasteiger partial charge in [-0.1, -0.05) is 23.7 Å². The predicted molar refractivity (Wildman–Crippen MR) is 90.9 cm³/mol. The normalized spacial score (nSPS) is 16.3. The number of piperazine rings is 1. The third-order valence-electron chi connectivity index (χ3n) is 4.40. The number of alkyl halides is 3. The van der Waals surface area contributed by atoms with Crippen molar-refractivity contribution in [3.05, 3.63) is 41.0 Å². The molecule has 25 heavy (non-hydrogen) atoms. The van der Waals surface area contributed by atoms with E-state index in [0.717, 1.165) is 25.7 Å². The molecule has 0 saturated carbocycles. The highest BCUT2D eigenvalue weighted by Gasteiger charge is 2.34. The highest BCUT2D eigenvalue weighted by atomic mass is 35.5. The molecule has 1 N–H and O–H groups in total. The van der Waals surface area contributed by atoms with Crippen molar-refractivity contribution in [1.82, 2.24) is 9.97 Å². The molecule has 0 radical (unpaired) electrons. The lowest BCUT2D eigenvalue weighted by molar-refractivity contribution is -0.898. The fourth-order valence-corrected chi connectivity index (χ4v) is 2.99. The summed E-state index contributed by atoms with van der Waals surface area (Å²) in [5, 5.41) is 0.521. The van der Waals surface area contributed by atoms with Crippen LogP contribution in [0.4, 0.5) is 19.1 Å². The highest BCUT2D eigenvalue weighted by Crippen LogP contribution is 2.32. The molecule has 1 saturated heterocycles. The number of hydrogen-bond acceptors (Lipinski definition) is 3. The van der Waals surface area contributed by atoms with Gasteiger partial charge in [0.1, 0.15) is 0 Å². The summed E-state index contributed by atoms with van der Waals surface area (Å²) in [5.74, 6) is 0.134. The Kier molecular flexibility index (Phi) is 5.15. The van der Waals surface area contributed by atoms with Crippen molar-refractivity contribution in [2.75, 3.05) is 37.6 Å². The first-order valence-corrected chi connectivity index (χ1v) is 8.55. The number of hydrogen-bond donors (Lipinski definition) is 1. The van der Waals surface area contributed by atoms with Gasteiger partial charge < -0.3 is 9.80 Å². The number of halogens is 4. The van der Waals surface area contributed by atoms with Gasteiger partial charge in [-0.3, -0.25) is 0 Å². The molecule has 0 amide bonds. The van der Waals surface area contributed by atoms with Crippen LogP contribution in [0.15, 0.2) is 30.3 Å². The van der Waals surface area contributed by atoms with Crippen molar-refractivity contribution >= 4 is 17.5 Å². The number of anilines is 1. The van der Waals surface area contributed by atoms with Crippen LogP contribution in [0.25, 0.3) is 11.3 Å². The monoisotopic (exact) mass is 371 g/mol. The second-order valence-corrected chi connectivity index (χ2v) is 6.47. The van der Waals surface area contributed by atoms with E-state index in [1.165, 1.54) is 4.90 Å². The molecule has 0 atom stereocenters. The topological polar surface area (TPSA) is 33.5 Å². The number of nitrogens with zero attached hydrogens (tertiary/aromatic N) is 3. The Morgan fingerprint density at radius 1 is 1.12 bits per heavy atom. The fourth-order valence-electron chi connectivity index (χ4n) is 2.87. The van der Waals surface area contributed by atoms with E-state index in [2.05, 4.69) is 16.9 Å². The van der Waals surface area contributed by atoms with Gasteiger partial charge in [-0.25, -0.2) is 9.97 Å². The maximum Gasteiger partial charge on any atom is 0.433 e. The van der Waals surface area contributed by atoms with Crippen LogP contribution in [0, 0.1) is 0 Å². The highest BCUT2D eigenvalue weighted by molar-refractivity contribution is 6.30. The summed E-state index contributed by atoms with van der Waals surface area (Å²) >= 11 is 5.86. The van der Waals surface area contributed by atoms with Gasteiger partial charge in [-0.2, -0.15) is 13.2 Å². The van der Waals surface area contributed by atoms with Crippen LogP contribution in [0.1, 0.15) is 12.6 Å². The SMILES string of the molecule is CC[NH+]1CCN(c2nc(-c3ccc(Cl)cc3)cc(C(F)(F)F)n2)CC1. The predicted octanol–water partition coefficient (Wildman–Crippen LogP) is 2.54. The molecule has 1 aromatic carbocycles. The molecule has 1 aliphatic heterocycles. The Morgan fingerprint density at radius 3 is 2.32 bits per heavy atom. The number of benzene rings is 1. The van der Waals surface area contributed by atoms with Gasteiger partial charge in [0.2, 0.25) is 5.95 Å². The van der Waals surface area contributed by atoms with E-state index in [0.29, 0.717) is 23.7 Å². The van der Waals surface area contributed by atoms with E-state index in [1.807, 2.05) is 4.90 Å². The smallest absolute Gasteiger partial charge is 0.332 e. The molecule has 0 spiro atoms. The lowest BCUT2D eigenvalue weighted by atomic mass is 10.1. The van der Waals surface area contributed by atoms with Gasteiger partial charge in [-0.15, -0.1) is 0 Å². The van der Waals surface area contributed by atoms with Gasteiger partial charge in [-0.05, 0) is 25.1 Å². The molecule has 3 rings (SSSR count). The summed E-state index contributed by atoms with van der Waals surface area (Å²) in [6.07, 6.45) is -4.52. The molecule has 1 fully saturated rings. The maximum atomic E-state index is 13.3. The summed E-state index contributed by atoms with van der Waals surface area (Å²) < 4.78 is 39.8. The molecule has 1 aliphatic rings. The third kappa shape index (κ3) is 4.22. The average Bonchev–Trinajstić information content (AvgIpc) is 2.61. The fraction of sp³-hybridized carbons (Fsp3) is 0.412. The summed E-state index contributed by atoms with van der Waals surface area (Å²) in [6, 6.07) is 7.58. The zero-order valence-corrected chi connectivity index (χ0v) is 14.5. The number of quaternary nitrogens is 1. The van der Waals surface area contributed by atoms with E-state index >= 15 is 0 Å². The standard InChI is InChI=1S/C17H18ClF3N4/c1-2-24-7-9-25(10-8-24)16-22-14(11-15(23-16)17(19,20)21)12-3-5-13(18)6-4-12/h3-6,11H,2,7-10H2,1H3/p+1. The Morgan fingerprint density at radius 2 is 1.76 bits per heavy atom. The molecule has 0 unspecified atom stereocenters. The minimum Gasteiger partial charge on any atom is -0.332 e. The largest absolute Gasteiger partial charge is 0.433 e. The van der Waals surface area contributed by atoms with E-state index in [1.54, 1.807) is 24.3 Å². The van der Waals surface area contributed by atoms with Crippen LogP contribution < -0.4 is 9.80 Å². The van der Waals surface area contributed by atoms with Crippen molar-refractivity contribution in [2.24, 2.45) is 0 Å². The van der Waals surface area contributed by atoms with Gasteiger partial charge in [0.05, 0.1) is 38.4 Å². The summed E-state index contributed by atoms with van der Waals surface area (Å²) in [7, 11) is 0. The number of likely N-dealkylation sites (N-methyl/N-ethyl adjacent to an activating group) is 1. The molecule has 134 valence electrons. The quantitative estimate of drug-likeness (QED) is 0.900. The average molecular weight is 372 g/mol. The number of aromatic nitrogens is 2. The van der Waals surface area contributed by atoms with Crippen LogP contribution in [0.2, 0.25) is 5.02 Å². The summed E-state index contributed by atoms with van der Waals surface area (Å²) in [5.41, 5.74) is -0.0941. The third-order valence-corrected chi connectivity index (χ3v) is 4.65. The van der Waals surface area contributed by atoms with Crippen molar-refractivity contribution in [3.8, 4) is 11.3 Å². The zero-order valence-electron chi connectivity index (χ0n) is 13.8. The molecule has 2 heterocycles. The Labute approximate surface area is 149 Å². The van der Waals surface area contributed by atoms with E-state index in [4.69, 9.17) is 11.6 Å². The second-order valence-electron chi connectivity index (χ2n) is 6.03. The van der Waals surface area contributed by atoms with Gasteiger partial charge in [0.25, 0.3) is 0 Å². The van der Waals surface area contributed by atoms with Gasteiger partial charge >= 0.3 is 6.18 Å². The Hall–Kier alpha value is -1.86. The van der Waals surface area contributed by atoms with Crippen molar-refractivity contribution in [2.45, 2.75) is 13.1 Å². The number of nitrogens with one attached hydrogen (secondary N) is 1. The van der Waals surface area contributed by atoms with E-state index < -0.39 is 11.9 Å². The van der Waals surface area contributed by atoms with Crippen LogP contribution in [-0.2, 0) is 6.18 Å². The van der Waals surface area contributed by atoms with Crippen LogP contribution in [0.3, 0.4) is 0 Å². The first-order valence-electron chi connectivity index (χ1n) is 8.17. The molecule has 0 bridgehead atoms. The zero-order chi connectivity index (χ0) is 18.0. The molecule has 0 aliphatic carbocycles. The van der Waals surface area contributed by atoms with Crippen LogP contribution in [-0.4, -0.2) is 42.7 Å². The van der Waals surface area contributed by atoms with Crippen molar-refractivity contribution < 1.29 is 18.1 Å². The minimum atomic E-state index is -4.52. The molecule has 4 nitrogen and oxygen atoms in total. The van der Waals surface area contributed by atoms with Gasteiger partial charge in [0.15, 0.2) is 5.69 Å². The lowest BCUT2D eigenvalue weighted by Gasteiger charge is -2.32. The van der Waals surface area contributed by atoms with Crippen LogP contribution >= 0.6 is 11.6 Å². The van der Waals surface area contributed by atoms with Crippen molar-refractivity contribution in [3.63, 3.8) is 0 Å². The van der Waals surface area contributed by atoms with Crippen LogP contribution in [0.5, 0.6) is 0 Å². The maximum absolute atomic E-state index is 13.3. The van der Waals surface area contributed by atoms with E-state index in [9.17, 15) is 13.2 Å². The van der Waals surface area contributed by atoms with Crippen molar-refractivity contribution in [1.29, 1.82) is 0 Å². The Balaban J connectivity index is 1.97. The summed E-state index contributed by atoms with van der Waals surface area (Å²) in [4.78, 5) is 11.4. The molecular weight excluding hydrogens is 353 g/mol. The first kappa shape index (κ1) is 17.9. The lowest BCUT2D eigenvalue weighted by Crippen LogP contribution is -3.14. The molecular formula is C17H19ClF3N4+. The molecule has 1 aromatic heterocycles. The Bertz CT molecular complexity index is 726. The van der Waals surface area contributed by atoms with Gasteiger partial charge in [0, 0.05) is 10.6 Å². The molecule has 8 heteroatoms. The van der Waals surface area contributed by atoms with E-state index in [-0.39, 0.29) is 11.6 Å². The number of rotatable bonds is 3.